The number of nitrogens with zero attached hydrogens (tertiary/aromatic N) is 3. The summed E-state index contributed by atoms with van der Waals surface area (Å²) in [5, 5.41) is 1.13. The minimum atomic E-state index is -0.228. The van der Waals surface area contributed by atoms with Gasteiger partial charge >= 0.3 is 0 Å². The molecular weight excluding hydrogens is 461 g/mol. The fourth-order valence-corrected chi connectivity index (χ4v) is 6.09. The zero-order valence-corrected chi connectivity index (χ0v) is 19.9. The Bertz CT molecular complexity index is 1410. The number of carbonyl (C=O) groups is 2. The Morgan fingerprint density at radius 1 is 0.800 bits per heavy atom. The SMILES string of the molecule is O=C1c2cccc(N3CCN(Cc4cccc(F)c4)CC3)c2C(=O)N1Cc1cc2ccccc2s1. The molecule has 7 heteroatoms. The minimum Gasteiger partial charge on any atom is -0.368 e. The maximum Gasteiger partial charge on any atom is 0.264 e. The molecule has 1 aromatic heterocycles. The number of hydrogen-bond donors (Lipinski definition) is 0. The molecule has 0 N–H and O–H groups in total. The Hall–Kier alpha value is -3.55. The zero-order valence-electron chi connectivity index (χ0n) is 19.1. The van der Waals surface area contributed by atoms with Gasteiger partial charge in [0, 0.05) is 42.3 Å². The summed E-state index contributed by atoms with van der Waals surface area (Å²) < 4.78 is 14.7. The molecule has 0 aliphatic carbocycles. The van der Waals surface area contributed by atoms with Crippen LogP contribution >= 0.6 is 11.3 Å². The van der Waals surface area contributed by atoms with Gasteiger partial charge in [0.25, 0.3) is 11.8 Å². The molecule has 2 amide bonds. The van der Waals surface area contributed by atoms with Gasteiger partial charge in [-0.15, -0.1) is 11.3 Å². The van der Waals surface area contributed by atoms with Crippen LogP contribution in [0.2, 0.25) is 0 Å². The molecule has 3 heterocycles. The number of fused-ring (bicyclic) bond motifs is 2. The monoisotopic (exact) mass is 485 g/mol. The summed E-state index contributed by atoms with van der Waals surface area (Å²) in [7, 11) is 0. The molecule has 0 spiro atoms. The molecular formula is C28H24FN3O2S. The molecule has 2 aliphatic rings. The molecule has 0 saturated carbocycles. The van der Waals surface area contributed by atoms with Crippen molar-refractivity contribution in [3.8, 4) is 0 Å². The molecule has 0 radical (unpaired) electrons. The van der Waals surface area contributed by atoms with Gasteiger partial charge in [-0.2, -0.15) is 0 Å². The lowest BCUT2D eigenvalue weighted by molar-refractivity contribution is 0.0644. The molecule has 2 aliphatic heterocycles. The summed E-state index contributed by atoms with van der Waals surface area (Å²) in [6.07, 6.45) is 0. The van der Waals surface area contributed by atoms with Crippen LogP contribution in [0.3, 0.4) is 0 Å². The van der Waals surface area contributed by atoms with Crippen molar-refractivity contribution in [3.63, 3.8) is 0 Å². The first-order valence-corrected chi connectivity index (χ1v) is 12.6. The summed E-state index contributed by atoms with van der Waals surface area (Å²) in [5.41, 5.74) is 2.77. The fourth-order valence-electron chi connectivity index (χ4n) is 5.03. The van der Waals surface area contributed by atoms with Gasteiger partial charge in [0.05, 0.1) is 23.4 Å². The number of rotatable bonds is 5. The van der Waals surface area contributed by atoms with Crippen molar-refractivity contribution in [2.45, 2.75) is 13.1 Å². The Labute approximate surface area is 207 Å². The van der Waals surface area contributed by atoms with Crippen LogP contribution in [0.25, 0.3) is 10.1 Å². The molecule has 5 nitrogen and oxygen atoms in total. The van der Waals surface area contributed by atoms with E-state index < -0.39 is 0 Å². The van der Waals surface area contributed by atoms with E-state index >= 15 is 0 Å². The lowest BCUT2D eigenvalue weighted by Gasteiger charge is -2.36. The Morgan fingerprint density at radius 2 is 1.60 bits per heavy atom. The van der Waals surface area contributed by atoms with Crippen molar-refractivity contribution in [2.75, 3.05) is 31.1 Å². The minimum absolute atomic E-state index is 0.218. The second-order valence-corrected chi connectivity index (χ2v) is 10.2. The highest BCUT2D eigenvalue weighted by atomic mass is 32.1. The number of thiophene rings is 1. The molecule has 6 rings (SSSR count). The Morgan fingerprint density at radius 3 is 2.40 bits per heavy atom. The van der Waals surface area contributed by atoms with Crippen LogP contribution in [-0.2, 0) is 13.1 Å². The number of halogens is 1. The zero-order chi connectivity index (χ0) is 23.9. The van der Waals surface area contributed by atoms with E-state index in [-0.39, 0.29) is 24.2 Å². The number of anilines is 1. The van der Waals surface area contributed by atoms with Gasteiger partial charge in [0.1, 0.15) is 5.82 Å². The highest BCUT2D eigenvalue weighted by Crippen LogP contribution is 2.35. The highest BCUT2D eigenvalue weighted by Gasteiger charge is 2.39. The van der Waals surface area contributed by atoms with E-state index in [2.05, 4.69) is 21.9 Å². The van der Waals surface area contributed by atoms with Crippen LogP contribution in [0.4, 0.5) is 10.1 Å². The molecule has 176 valence electrons. The van der Waals surface area contributed by atoms with Crippen LogP contribution in [-0.4, -0.2) is 47.8 Å². The van der Waals surface area contributed by atoms with E-state index in [1.54, 1.807) is 29.5 Å². The average Bonchev–Trinajstić information content (AvgIpc) is 3.39. The third-order valence-corrected chi connectivity index (χ3v) is 7.88. The summed E-state index contributed by atoms with van der Waals surface area (Å²) in [6, 6.07) is 22.4. The normalized spacial score (nSPS) is 16.4. The van der Waals surface area contributed by atoms with Gasteiger partial charge in [-0.05, 0) is 47.3 Å². The first-order chi connectivity index (χ1) is 17.1. The summed E-state index contributed by atoms with van der Waals surface area (Å²) in [4.78, 5) is 33.5. The Kier molecular flexibility index (Phi) is 5.59. The second kappa shape index (κ2) is 8.91. The number of hydrogen-bond acceptors (Lipinski definition) is 5. The fraction of sp³-hybridized carbons (Fsp3) is 0.214. The number of amides is 2. The predicted octanol–water partition coefficient (Wildman–Crippen LogP) is 5.16. The van der Waals surface area contributed by atoms with Gasteiger partial charge in [0.2, 0.25) is 0 Å². The van der Waals surface area contributed by atoms with Crippen molar-refractivity contribution >= 4 is 38.9 Å². The second-order valence-electron chi connectivity index (χ2n) is 9.04. The standard InChI is InChI=1S/C28H24FN3O2S/c29-21-7-3-5-19(15-21)17-30-11-13-31(14-12-30)24-9-4-8-23-26(24)28(34)32(27(23)33)18-22-16-20-6-1-2-10-25(20)35-22/h1-10,15-16H,11-14,17-18H2. The molecule has 1 saturated heterocycles. The van der Waals surface area contributed by atoms with Gasteiger partial charge in [-0.1, -0.05) is 36.4 Å². The maximum atomic E-state index is 13.5. The summed E-state index contributed by atoms with van der Waals surface area (Å²) in [5.74, 6) is -0.668. The van der Waals surface area contributed by atoms with Gasteiger partial charge in [-0.25, -0.2) is 4.39 Å². The van der Waals surface area contributed by atoms with E-state index in [9.17, 15) is 14.0 Å². The molecule has 0 unspecified atom stereocenters. The summed E-state index contributed by atoms with van der Waals surface area (Å²) in [6.45, 7) is 4.06. The number of benzene rings is 3. The molecule has 3 aromatic carbocycles. The van der Waals surface area contributed by atoms with Crippen LogP contribution in [0.5, 0.6) is 0 Å². The first kappa shape index (κ1) is 21.9. The number of piperazine rings is 1. The number of imide groups is 1. The number of carbonyl (C=O) groups excluding carboxylic acids is 2. The topological polar surface area (TPSA) is 43.9 Å². The van der Waals surface area contributed by atoms with E-state index in [1.165, 1.54) is 11.0 Å². The third-order valence-electron chi connectivity index (χ3n) is 6.78. The summed E-state index contributed by atoms with van der Waals surface area (Å²) >= 11 is 1.62. The van der Waals surface area contributed by atoms with Crippen molar-refractivity contribution in [2.24, 2.45) is 0 Å². The van der Waals surface area contributed by atoms with E-state index in [1.807, 2.05) is 36.4 Å². The largest absolute Gasteiger partial charge is 0.368 e. The lowest BCUT2D eigenvalue weighted by Crippen LogP contribution is -2.46. The van der Waals surface area contributed by atoms with Crippen molar-refractivity contribution in [1.29, 1.82) is 0 Å². The van der Waals surface area contributed by atoms with Crippen LogP contribution in [0.15, 0.2) is 72.8 Å². The lowest BCUT2D eigenvalue weighted by atomic mass is 10.1. The van der Waals surface area contributed by atoms with Crippen molar-refractivity contribution in [3.05, 3.63) is 100 Å². The molecule has 0 bridgehead atoms. The van der Waals surface area contributed by atoms with E-state index in [0.717, 1.165) is 52.4 Å². The highest BCUT2D eigenvalue weighted by molar-refractivity contribution is 7.19. The van der Waals surface area contributed by atoms with Crippen LogP contribution in [0.1, 0.15) is 31.2 Å². The molecule has 1 fully saturated rings. The smallest absolute Gasteiger partial charge is 0.264 e. The molecule has 0 atom stereocenters. The molecule has 35 heavy (non-hydrogen) atoms. The first-order valence-electron chi connectivity index (χ1n) is 11.8. The van der Waals surface area contributed by atoms with Crippen LogP contribution in [0, 0.1) is 5.82 Å². The quantitative estimate of drug-likeness (QED) is 0.367. The van der Waals surface area contributed by atoms with Gasteiger partial charge < -0.3 is 4.90 Å². The van der Waals surface area contributed by atoms with E-state index in [0.29, 0.717) is 17.7 Å². The van der Waals surface area contributed by atoms with Gasteiger partial charge in [-0.3, -0.25) is 19.4 Å². The molecule has 4 aromatic rings. The third kappa shape index (κ3) is 4.11. The maximum absolute atomic E-state index is 13.5. The Balaban J connectivity index is 1.19. The van der Waals surface area contributed by atoms with Crippen LogP contribution < -0.4 is 4.90 Å². The van der Waals surface area contributed by atoms with Crippen molar-refractivity contribution < 1.29 is 14.0 Å². The van der Waals surface area contributed by atoms with E-state index in [4.69, 9.17) is 0 Å². The van der Waals surface area contributed by atoms with Crippen molar-refractivity contribution in [1.82, 2.24) is 9.80 Å². The average molecular weight is 486 g/mol. The predicted molar refractivity (Wildman–Crippen MR) is 136 cm³/mol. The van der Waals surface area contributed by atoms with Gasteiger partial charge in [0.15, 0.2) is 0 Å².